The Balaban J connectivity index is 2.09. The van der Waals surface area contributed by atoms with Crippen molar-refractivity contribution in [2.75, 3.05) is 17.6 Å². The van der Waals surface area contributed by atoms with E-state index in [1.165, 1.54) is 6.07 Å². The van der Waals surface area contributed by atoms with Crippen molar-refractivity contribution in [2.45, 2.75) is 18.1 Å². The SMILES string of the molecule is O=S1(=O)CCCC1CNc1nc(Cl)c(Cl)cc1Cl. The van der Waals surface area contributed by atoms with Gasteiger partial charge in [0.1, 0.15) is 11.0 Å². The molecule has 1 atom stereocenters. The number of hydrogen-bond acceptors (Lipinski definition) is 4. The van der Waals surface area contributed by atoms with Crippen molar-refractivity contribution in [3.8, 4) is 0 Å². The summed E-state index contributed by atoms with van der Waals surface area (Å²) in [6.07, 6.45) is 1.37. The lowest BCUT2D eigenvalue weighted by molar-refractivity contribution is 0.591. The average molecular weight is 330 g/mol. The molecule has 1 aliphatic heterocycles. The molecule has 18 heavy (non-hydrogen) atoms. The van der Waals surface area contributed by atoms with Crippen molar-refractivity contribution >= 4 is 50.5 Å². The molecule has 2 heterocycles. The first-order chi connectivity index (χ1) is 8.40. The van der Waals surface area contributed by atoms with Gasteiger partial charge < -0.3 is 5.32 Å². The van der Waals surface area contributed by atoms with Crippen molar-refractivity contribution in [2.24, 2.45) is 0 Å². The van der Waals surface area contributed by atoms with E-state index in [9.17, 15) is 8.42 Å². The van der Waals surface area contributed by atoms with Crippen LogP contribution in [0.3, 0.4) is 0 Å². The highest BCUT2D eigenvalue weighted by atomic mass is 35.5. The van der Waals surface area contributed by atoms with Gasteiger partial charge in [-0.1, -0.05) is 34.8 Å². The Labute approximate surface area is 121 Å². The third-order valence-corrected chi connectivity index (χ3v) is 6.08. The van der Waals surface area contributed by atoms with Crippen LogP contribution in [0.5, 0.6) is 0 Å². The van der Waals surface area contributed by atoms with E-state index in [2.05, 4.69) is 10.3 Å². The van der Waals surface area contributed by atoms with E-state index in [-0.39, 0.29) is 27.7 Å². The maximum atomic E-state index is 11.6. The minimum absolute atomic E-state index is 0.137. The standard InChI is InChI=1S/C10H11Cl3N2O2S/c11-7-4-8(12)10(15-9(7)13)14-5-6-2-1-3-18(6,16)17/h4,6H,1-3,5H2,(H,14,15). The number of aromatic nitrogens is 1. The molecule has 0 bridgehead atoms. The van der Waals surface area contributed by atoms with Gasteiger partial charge >= 0.3 is 0 Å². The Kier molecular flexibility index (Phi) is 4.26. The Morgan fingerprint density at radius 2 is 2.06 bits per heavy atom. The van der Waals surface area contributed by atoms with E-state index >= 15 is 0 Å². The Morgan fingerprint density at radius 1 is 1.33 bits per heavy atom. The zero-order valence-electron chi connectivity index (χ0n) is 9.29. The molecule has 0 amide bonds. The molecule has 1 N–H and O–H groups in total. The summed E-state index contributed by atoms with van der Waals surface area (Å²) in [5, 5.41) is 3.25. The van der Waals surface area contributed by atoms with Crippen LogP contribution in [0.25, 0.3) is 0 Å². The summed E-state index contributed by atoms with van der Waals surface area (Å²) in [6.45, 7) is 0.285. The summed E-state index contributed by atoms with van der Waals surface area (Å²) in [7, 11) is -2.98. The molecule has 1 unspecified atom stereocenters. The topological polar surface area (TPSA) is 59.1 Å². The highest BCUT2D eigenvalue weighted by Crippen LogP contribution is 2.29. The minimum Gasteiger partial charge on any atom is -0.367 e. The second-order valence-electron chi connectivity index (χ2n) is 4.10. The number of sulfone groups is 1. The molecule has 1 aliphatic rings. The maximum absolute atomic E-state index is 11.6. The molecular weight excluding hydrogens is 319 g/mol. The summed E-state index contributed by atoms with van der Waals surface area (Å²) in [5.74, 6) is 0.607. The van der Waals surface area contributed by atoms with E-state index < -0.39 is 9.84 Å². The van der Waals surface area contributed by atoms with Gasteiger partial charge in [-0.2, -0.15) is 0 Å². The molecule has 1 fully saturated rings. The highest BCUT2D eigenvalue weighted by molar-refractivity contribution is 7.92. The molecule has 0 radical (unpaired) electrons. The van der Waals surface area contributed by atoms with Gasteiger partial charge in [-0.3, -0.25) is 0 Å². The van der Waals surface area contributed by atoms with Gasteiger partial charge in [0.15, 0.2) is 9.84 Å². The fourth-order valence-electron chi connectivity index (χ4n) is 1.87. The summed E-state index contributed by atoms with van der Waals surface area (Å²) >= 11 is 17.5. The first-order valence-electron chi connectivity index (χ1n) is 5.37. The van der Waals surface area contributed by atoms with Crippen molar-refractivity contribution < 1.29 is 8.42 Å². The van der Waals surface area contributed by atoms with Crippen LogP contribution in [0.15, 0.2) is 6.07 Å². The van der Waals surface area contributed by atoms with Crippen molar-refractivity contribution in [1.82, 2.24) is 4.98 Å². The molecule has 1 aromatic heterocycles. The fraction of sp³-hybridized carbons (Fsp3) is 0.500. The minimum atomic E-state index is -2.98. The first-order valence-corrected chi connectivity index (χ1v) is 8.22. The van der Waals surface area contributed by atoms with Crippen LogP contribution in [0.2, 0.25) is 15.2 Å². The van der Waals surface area contributed by atoms with Crippen LogP contribution >= 0.6 is 34.8 Å². The largest absolute Gasteiger partial charge is 0.367 e. The normalized spacial score (nSPS) is 22.1. The smallest absolute Gasteiger partial charge is 0.154 e. The van der Waals surface area contributed by atoms with Crippen LogP contribution in [-0.2, 0) is 9.84 Å². The number of hydrogen-bond donors (Lipinski definition) is 1. The zero-order valence-corrected chi connectivity index (χ0v) is 12.4. The van der Waals surface area contributed by atoms with Crippen LogP contribution in [0, 0.1) is 0 Å². The van der Waals surface area contributed by atoms with Gasteiger partial charge in [0.25, 0.3) is 0 Å². The van der Waals surface area contributed by atoms with Crippen LogP contribution in [0.4, 0.5) is 5.82 Å². The second kappa shape index (κ2) is 5.41. The van der Waals surface area contributed by atoms with Gasteiger partial charge in [-0.15, -0.1) is 0 Å². The number of pyridine rings is 1. The number of rotatable bonds is 3. The number of nitrogens with one attached hydrogen (secondary N) is 1. The fourth-order valence-corrected chi connectivity index (χ4v) is 4.20. The summed E-state index contributed by atoms with van der Waals surface area (Å²) in [5.41, 5.74) is 0. The number of nitrogens with zero attached hydrogens (tertiary/aromatic N) is 1. The quantitative estimate of drug-likeness (QED) is 0.866. The molecule has 0 saturated carbocycles. The molecule has 1 aromatic rings. The average Bonchev–Trinajstić information content (AvgIpc) is 2.61. The van der Waals surface area contributed by atoms with E-state index in [1.807, 2.05) is 0 Å². The van der Waals surface area contributed by atoms with Crippen molar-refractivity contribution in [1.29, 1.82) is 0 Å². The molecule has 1 saturated heterocycles. The van der Waals surface area contributed by atoms with Crippen molar-refractivity contribution in [3.05, 3.63) is 21.3 Å². The number of anilines is 1. The van der Waals surface area contributed by atoms with E-state index in [1.54, 1.807) is 0 Å². The Bertz CT molecular complexity index is 562. The zero-order chi connectivity index (χ0) is 13.3. The molecule has 100 valence electrons. The van der Waals surface area contributed by atoms with E-state index in [0.717, 1.165) is 0 Å². The van der Waals surface area contributed by atoms with Gasteiger partial charge in [0, 0.05) is 6.54 Å². The molecule has 0 spiro atoms. The molecule has 0 aromatic carbocycles. The van der Waals surface area contributed by atoms with Gasteiger partial charge in [-0.05, 0) is 18.9 Å². The Hall–Kier alpha value is -0.230. The molecular formula is C10H11Cl3N2O2S. The van der Waals surface area contributed by atoms with Crippen molar-refractivity contribution in [3.63, 3.8) is 0 Å². The van der Waals surface area contributed by atoms with E-state index in [4.69, 9.17) is 34.8 Å². The van der Waals surface area contributed by atoms with Crippen LogP contribution in [0.1, 0.15) is 12.8 Å². The lowest BCUT2D eigenvalue weighted by Gasteiger charge is -2.12. The summed E-state index contributed by atoms with van der Waals surface area (Å²) in [4.78, 5) is 3.98. The first kappa shape index (κ1) is 14.2. The van der Waals surface area contributed by atoms with Gasteiger partial charge in [-0.25, -0.2) is 13.4 Å². The lowest BCUT2D eigenvalue weighted by Crippen LogP contribution is -2.25. The van der Waals surface area contributed by atoms with Crippen LogP contribution < -0.4 is 5.32 Å². The third kappa shape index (κ3) is 3.02. The van der Waals surface area contributed by atoms with Crippen LogP contribution in [-0.4, -0.2) is 30.9 Å². The number of halogens is 3. The highest BCUT2D eigenvalue weighted by Gasteiger charge is 2.31. The molecule has 8 heteroatoms. The molecule has 0 aliphatic carbocycles. The van der Waals surface area contributed by atoms with Gasteiger partial charge in [0.05, 0.1) is 21.0 Å². The summed E-state index contributed by atoms with van der Waals surface area (Å²) in [6, 6.07) is 1.48. The predicted molar refractivity (Wildman–Crippen MR) is 74.6 cm³/mol. The molecule has 2 rings (SSSR count). The molecule has 4 nitrogen and oxygen atoms in total. The predicted octanol–water partition coefficient (Wildman–Crippen LogP) is 3.03. The second-order valence-corrected chi connectivity index (χ2v) is 7.68. The lowest BCUT2D eigenvalue weighted by atomic mass is 10.2. The van der Waals surface area contributed by atoms with Gasteiger partial charge in [0.2, 0.25) is 0 Å². The third-order valence-electron chi connectivity index (χ3n) is 2.85. The van der Waals surface area contributed by atoms with E-state index in [0.29, 0.717) is 23.7 Å². The summed E-state index contributed by atoms with van der Waals surface area (Å²) < 4.78 is 23.3. The maximum Gasteiger partial charge on any atom is 0.154 e. The monoisotopic (exact) mass is 328 g/mol. The Morgan fingerprint density at radius 3 is 2.67 bits per heavy atom.